The van der Waals surface area contributed by atoms with Gasteiger partial charge in [0.15, 0.2) is 0 Å². The van der Waals surface area contributed by atoms with Gasteiger partial charge in [0.05, 0.1) is 0 Å². The Bertz CT molecular complexity index is 1240. The first-order valence-corrected chi connectivity index (χ1v) is 14.3. The Balaban J connectivity index is 0.00000484. The van der Waals surface area contributed by atoms with E-state index in [1.807, 2.05) is 48.5 Å². The van der Waals surface area contributed by atoms with Crippen molar-refractivity contribution in [3.63, 3.8) is 0 Å². The van der Waals surface area contributed by atoms with Gasteiger partial charge < -0.3 is 31.9 Å². The van der Waals surface area contributed by atoms with E-state index in [9.17, 15) is 9.59 Å². The van der Waals surface area contributed by atoms with Gasteiger partial charge in [0.2, 0.25) is 0 Å². The number of amides is 4. The van der Waals surface area contributed by atoms with Crippen LogP contribution in [0.15, 0.2) is 82.8 Å². The predicted octanol–water partition coefficient (Wildman–Crippen LogP) is 7.35. The molecular weight excluding hydrogens is 599 g/mol. The lowest BCUT2D eigenvalue weighted by Gasteiger charge is -2.12. The van der Waals surface area contributed by atoms with E-state index in [0.29, 0.717) is 22.7 Å². The van der Waals surface area contributed by atoms with Crippen LogP contribution in [0.5, 0.6) is 0 Å². The number of nitrogens with one attached hydrogen (secondary N) is 6. The van der Waals surface area contributed by atoms with Crippen molar-refractivity contribution in [3.8, 4) is 0 Å². The van der Waals surface area contributed by atoms with Gasteiger partial charge in [-0.3, -0.25) is 9.98 Å². The minimum atomic E-state index is -0.369. The number of rotatable bonds is 12. The first kappa shape index (κ1) is 37.7. The van der Waals surface area contributed by atoms with Crippen LogP contribution in [0.25, 0.3) is 0 Å². The standard InChI is InChI=1S/C32H42N8O2.2ClH/c1-5-7-21-35-29(33-3)23-9-13-25(14-10-23)37-31(41)39-27-17-19-28(20-18-27)40-32(42)38-26-15-11-24(12-16-26)30(34-4)36-22-8-6-2;;/h9-20H,5-8,21-22H2,1-4H3,(H,33,35)(H,34,36)(H2,37,39,41)(H2,38,40,42);2*1H. The lowest BCUT2D eigenvalue weighted by atomic mass is 10.2. The van der Waals surface area contributed by atoms with E-state index in [1.165, 1.54) is 0 Å². The highest BCUT2D eigenvalue weighted by atomic mass is 35.5. The summed E-state index contributed by atoms with van der Waals surface area (Å²) in [4.78, 5) is 33.6. The molecule has 0 atom stereocenters. The van der Waals surface area contributed by atoms with Crippen molar-refractivity contribution in [2.45, 2.75) is 39.5 Å². The molecular formula is C32H44Cl2N8O2. The van der Waals surface area contributed by atoms with Crippen LogP contribution in [-0.2, 0) is 0 Å². The molecule has 0 saturated heterocycles. The number of benzene rings is 3. The van der Waals surface area contributed by atoms with Crippen LogP contribution in [-0.4, -0.2) is 50.9 Å². The monoisotopic (exact) mass is 642 g/mol. The van der Waals surface area contributed by atoms with E-state index in [0.717, 1.165) is 61.6 Å². The second kappa shape index (κ2) is 20.6. The third-order valence-corrected chi connectivity index (χ3v) is 6.33. The summed E-state index contributed by atoms with van der Waals surface area (Å²) in [6.07, 6.45) is 4.37. The largest absolute Gasteiger partial charge is 0.370 e. The molecule has 0 saturated carbocycles. The molecule has 0 spiro atoms. The van der Waals surface area contributed by atoms with Gasteiger partial charge in [0.1, 0.15) is 11.7 Å². The Kier molecular flexibility index (Phi) is 17.7. The van der Waals surface area contributed by atoms with Gasteiger partial charge in [0, 0.05) is 61.1 Å². The van der Waals surface area contributed by atoms with E-state index in [4.69, 9.17) is 0 Å². The molecule has 0 radical (unpaired) electrons. The normalized spacial score (nSPS) is 10.9. The molecule has 0 aliphatic heterocycles. The number of hydrogen-bond donors (Lipinski definition) is 6. The predicted molar refractivity (Wildman–Crippen MR) is 190 cm³/mol. The molecule has 3 aromatic carbocycles. The van der Waals surface area contributed by atoms with Gasteiger partial charge in [-0.05, 0) is 85.6 Å². The lowest BCUT2D eigenvalue weighted by Crippen LogP contribution is -2.25. The molecule has 10 nitrogen and oxygen atoms in total. The van der Waals surface area contributed by atoms with Gasteiger partial charge >= 0.3 is 12.1 Å². The third-order valence-electron chi connectivity index (χ3n) is 6.33. The lowest BCUT2D eigenvalue weighted by molar-refractivity contribution is 0.261. The summed E-state index contributed by atoms with van der Waals surface area (Å²) in [6, 6.07) is 21.1. The number of carbonyl (C=O) groups is 2. The summed E-state index contributed by atoms with van der Waals surface area (Å²) >= 11 is 0. The molecule has 0 aliphatic carbocycles. The summed E-state index contributed by atoms with van der Waals surface area (Å²) in [5.74, 6) is 1.65. The molecule has 6 N–H and O–H groups in total. The fourth-order valence-corrected chi connectivity index (χ4v) is 4.03. The number of hydrogen-bond acceptors (Lipinski definition) is 4. The Labute approximate surface area is 272 Å². The third kappa shape index (κ3) is 12.5. The molecule has 12 heteroatoms. The van der Waals surface area contributed by atoms with Gasteiger partial charge in [-0.2, -0.15) is 0 Å². The Morgan fingerprint density at radius 1 is 0.523 bits per heavy atom. The number of nitrogens with zero attached hydrogens (tertiary/aromatic N) is 2. The van der Waals surface area contributed by atoms with Gasteiger partial charge in [-0.15, -0.1) is 24.8 Å². The van der Waals surface area contributed by atoms with Gasteiger partial charge in [-0.25, -0.2) is 9.59 Å². The number of halogens is 2. The van der Waals surface area contributed by atoms with Crippen molar-refractivity contribution in [2.24, 2.45) is 9.98 Å². The molecule has 0 fully saturated rings. The van der Waals surface area contributed by atoms with Crippen LogP contribution in [0.1, 0.15) is 50.7 Å². The summed E-state index contributed by atoms with van der Waals surface area (Å²) in [5, 5.41) is 17.9. The Morgan fingerprint density at radius 3 is 1.05 bits per heavy atom. The molecule has 238 valence electrons. The number of carbonyl (C=O) groups excluding carboxylic acids is 2. The van der Waals surface area contributed by atoms with E-state index in [-0.39, 0.29) is 36.9 Å². The topological polar surface area (TPSA) is 131 Å². The van der Waals surface area contributed by atoms with Crippen molar-refractivity contribution in [1.82, 2.24) is 10.6 Å². The van der Waals surface area contributed by atoms with E-state index >= 15 is 0 Å². The highest BCUT2D eigenvalue weighted by molar-refractivity contribution is 6.03. The molecule has 0 heterocycles. The number of aliphatic imine (C=N–C) groups is 2. The smallest absolute Gasteiger partial charge is 0.323 e. The fraction of sp³-hybridized carbons (Fsp3) is 0.312. The number of anilines is 4. The molecule has 4 amide bonds. The molecule has 0 bridgehead atoms. The first-order chi connectivity index (χ1) is 20.4. The zero-order valence-corrected chi connectivity index (χ0v) is 27.3. The quantitative estimate of drug-likeness (QED) is 0.0700. The maximum Gasteiger partial charge on any atom is 0.323 e. The van der Waals surface area contributed by atoms with Crippen molar-refractivity contribution in [1.29, 1.82) is 0 Å². The number of amidine groups is 2. The second-order valence-corrected chi connectivity index (χ2v) is 9.60. The zero-order valence-electron chi connectivity index (χ0n) is 25.7. The molecule has 3 rings (SSSR count). The van der Waals surface area contributed by atoms with Crippen LogP contribution in [0, 0.1) is 0 Å². The van der Waals surface area contributed by atoms with Crippen molar-refractivity contribution >= 4 is 71.3 Å². The summed E-state index contributed by atoms with van der Waals surface area (Å²) in [6.45, 7) is 6.03. The van der Waals surface area contributed by atoms with E-state index in [1.54, 1.807) is 38.4 Å². The van der Waals surface area contributed by atoms with Crippen LogP contribution >= 0.6 is 24.8 Å². The average molecular weight is 644 g/mol. The van der Waals surface area contributed by atoms with Crippen molar-refractivity contribution in [2.75, 3.05) is 48.5 Å². The first-order valence-electron chi connectivity index (χ1n) is 14.3. The Morgan fingerprint density at radius 2 is 0.795 bits per heavy atom. The number of unbranched alkanes of at least 4 members (excludes halogenated alkanes) is 2. The van der Waals surface area contributed by atoms with Gasteiger partial charge in [0.25, 0.3) is 0 Å². The Hall–Kier alpha value is -4.28. The molecule has 0 aliphatic rings. The zero-order chi connectivity index (χ0) is 30.2. The average Bonchev–Trinajstić information content (AvgIpc) is 3.00. The van der Waals surface area contributed by atoms with Crippen LogP contribution in [0.3, 0.4) is 0 Å². The van der Waals surface area contributed by atoms with E-state index < -0.39 is 0 Å². The van der Waals surface area contributed by atoms with Crippen molar-refractivity contribution < 1.29 is 9.59 Å². The van der Waals surface area contributed by atoms with E-state index in [2.05, 4.69) is 55.7 Å². The second-order valence-electron chi connectivity index (χ2n) is 9.60. The SMILES string of the molecule is CCCCNC(=NC)c1ccc(NC(=O)Nc2ccc(NC(=O)Nc3ccc(C(=NC)NCCCC)cc3)cc2)cc1.Cl.Cl. The molecule has 0 unspecified atom stereocenters. The van der Waals surface area contributed by atoms with Crippen molar-refractivity contribution in [3.05, 3.63) is 83.9 Å². The summed E-state index contributed by atoms with van der Waals surface area (Å²) < 4.78 is 0. The molecule has 0 aromatic heterocycles. The fourth-order valence-electron chi connectivity index (χ4n) is 4.03. The summed E-state index contributed by atoms with van der Waals surface area (Å²) in [5.41, 5.74) is 4.42. The highest BCUT2D eigenvalue weighted by Crippen LogP contribution is 2.16. The van der Waals surface area contributed by atoms with Crippen LogP contribution in [0.2, 0.25) is 0 Å². The minimum absolute atomic E-state index is 0. The highest BCUT2D eigenvalue weighted by Gasteiger charge is 2.08. The minimum Gasteiger partial charge on any atom is -0.370 e. The van der Waals surface area contributed by atoms with Gasteiger partial charge in [-0.1, -0.05) is 26.7 Å². The summed E-state index contributed by atoms with van der Waals surface area (Å²) in [7, 11) is 3.51. The van der Waals surface area contributed by atoms with Crippen LogP contribution < -0.4 is 31.9 Å². The maximum absolute atomic E-state index is 12.5. The maximum atomic E-state index is 12.5. The molecule has 3 aromatic rings. The molecule has 44 heavy (non-hydrogen) atoms. The van der Waals surface area contributed by atoms with Crippen LogP contribution in [0.4, 0.5) is 32.3 Å². The number of urea groups is 2.